The predicted octanol–water partition coefficient (Wildman–Crippen LogP) is 2.89. The molecule has 0 aliphatic carbocycles. The Morgan fingerprint density at radius 3 is 2.36 bits per heavy atom. The van der Waals surface area contributed by atoms with E-state index in [4.69, 9.17) is 0 Å². The fraction of sp³-hybridized carbons (Fsp3) is 0.750. The highest BCUT2D eigenvalue weighted by Crippen LogP contribution is 2.05. The topological polar surface area (TPSA) is 29.1 Å². The Morgan fingerprint density at radius 2 is 1.93 bits per heavy atom. The van der Waals surface area contributed by atoms with Crippen LogP contribution in [0.3, 0.4) is 0 Å². The molecule has 0 rings (SSSR count). The van der Waals surface area contributed by atoms with E-state index < -0.39 is 0 Å². The van der Waals surface area contributed by atoms with E-state index in [1.807, 2.05) is 27.7 Å². The number of hydrogen-bond donors (Lipinski definition) is 1. The lowest BCUT2D eigenvalue weighted by atomic mass is 10.0. The van der Waals surface area contributed by atoms with Gasteiger partial charge in [0.15, 0.2) is 0 Å². The summed E-state index contributed by atoms with van der Waals surface area (Å²) in [5.41, 5.74) is 1.24. The fourth-order valence-corrected chi connectivity index (χ4v) is 1.47. The molecule has 2 unspecified atom stereocenters. The van der Waals surface area contributed by atoms with Crippen LogP contribution in [0.15, 0.2) is 11.6 Å². The van der Waals surface area contributed by atoms with Crippen molar-refractivity contribution in [3.05, 3.63) is 11.6 Å². The second-order valence-electron chi connectivity index (χ2n) is 4.23. The molecular formula is C12H23NO. The van der Waals surface area contributed by atoms with Crippen LogP contribution in [-0.4, -0.2) is 11.9 Å². The number of carbonyl (C=O) groups excluding carboxylic acids is 1. The van der Waals surface area contributed by atoms with Crippen molar-refractivity contribution in [1.82, 2.24) is 5.32 Å². The summed E-state index contributed by atoms with van der Waals surface area (Å²) in [5, 5.41) is 2.98. The molecule has 0 spiro atoms. The van der Waals surface area contributed by atoms with E-state index in [2.05, 4.69) is 18.3 Å². The first-order chi connectivity index (χ1) is 6.47. The van der Waals surface area contributed by atoms with E-state index in [1.54, 1.807) is 0 Å². The summed E-state index contributed by atoms with van der Waals surface area (Å²) in [5.74, 6) is 0.296. The Morgan fingerprint density at radius 1 is 1.36 bits per heavy atom. The number of hydrogen-bond acceptors (Lipinski definition) is 1. The molecule has 1 N–H and O–H groups in total. The van der Waals surface area contributed by atoms with Crippen molar-refractivity contribution in [2.75, 3.05) is 0 Å². The lowest BCUT2D eigenvalue weighted by Gasteiger charge is -2.14. The molecule has 1 amide bonds. The Balaban J connectivity index is 3.99. The van der Waals surface area contributed by atoms with Crippen molar-refractivity contribution in [1.29, 1.82) is 0 Å². The Hall–Kier alpha value is -0.790. The van der Waals surface area contributed by atoms with Gasteiger partial charge in [-0.1, -0.05) is 31.9 Å². The van der Waals surface area contributed by atoms with Crippen LogP contribution in [0.1, 0.15) is 47.5 Å². The van der Waals surface area contributed by atoms with Crippen molar-refractivity contribution in [3.63, 3.8) is 0 Å². The predicted molar refractivity (Wildman–Crippen MR) is 61.1 cm³/mol. The molecule has 0 saturated carbocycles. The Labute approximate surface area is 87.8 Å². The van der Waals surface area contributed by atoms with Crippen LogP contribution in [0.5, 0.6) is 0 Å². The van der Waals surface area contributed by atoms with Gasteiger partial charge >= 0.3 is 0 Å². The molecule has 0 heterocycles. The van der Waals surface area contributed by atoms with Crippen LogP contribution in [0, 0.1) is 5.92 Å². The summed E-state index contributed by atoms with van der Waals surface area (Å²) in [6.07, 6.45) is 4.09. The van der Waals surface area contributed by atoms with Gasteiger partial charge in [0.05, 0.1) is 0 Å². The first-order valence-corrected chi connectivity index (χ1v) is 5.42. The van der Waals surface area contributed by atoms with Crippen LogP contribution >= 0.6 is 0 Å². The van der Waals surface area contributed by atoms with Crippen molar-refractivity contribution in [2.45, 2.75) is 53.5 Å². The minimum atomic E-state index is 0.132. The third kappa shape index (κ3) is 5.79. The van der Waals surface area contributed by atoms with Crippen molar-refractivity contribution in [2.24, 2.45) is 5.92 Å². The molecule has 82 valence electrons. The molecule has 14 heavy (non-hydrogen) atoms. The maximum atomic E-state index is 11.6. The summed E-state index contributed by atoms with van der Waals surface area (Å²) >= 11 is 0. The maximum Gasteiger partial charge on any atom is 0.223 e. The average molecular weight is 197 g/mol. The lowest BCUT2D eigenvalue weighted by Crippen LogP contribution is -2.35. The molecule has 2 atom stereocenters. The second kappa shape index (κ2) is 6.63. The zero-order chi connectivity index (χ0) is 11.1. The highest BCUT2D eigenvalue weighted by molar-refractivity contribution is 5.78. The Bertz CT molecular complexity index is 204. The van der Waals surface area contributed by atoms with E-state index in [-0.39, 0.29) is 17.9 Å². The van der Waals surface area contributed by atoms with E-state index >= 15 is 0 Å². The summed E-state index contributed by atoms with van der Waals surface area (Å²) in [6, 6.07) is 0.145. The highest BCUT2D eigenvalue weighted by atomic mass is 16.1. The van der Waals surface area contributed by atoms with E-state index in [9.17, 15) is 4.79 Å². The first kappa shape index (κ1) is 13.2. The third-order valence-electron chi connectivity index (χ3n) is 2.12. The number of rotatable bonds is 5. The SMILES string of the molecule is CCCC(C)C(=O)NC(C)C=C(C)C. The van der Waals surface area contributed by atoms with Crippen LogP contribution < -0.4 is 5.32 Å². The summed E-state index contributed by atoms with van der Waals surface area (Å²) in [6.45, 7) is 10.2. The molecule has 0 aromatic carbocycles. The van der Waals surface area contributed by atoms with Gasteiger partial charge in [0.25, 0.3) is 0 Å². The van der Waals surface area contributed by atoms with E-state index in [0.717, 1.165) is 12.8 Å². The van der Waals surface area contributed by atoms with Gasteiger partial charge in [0.2, 0.25) is 5.91 Å². The van der Waals surface area contributed by atoms with E-state index in [1.165, 1.54) is 5.57 Å². The average Bonchev–Trinajstić information content (AvgIpc) is 2.02. The summed E-state index contributed by atoms with van der Waals surface area (Å²) in [7, 11) is 0. The van der Waals surface area contributed by atoms with Crippen molar-refractivity contribution < 1.29 is 4.79 Å². The van der Waals surface area contributed by atoms with Crippen molar-refractivity contribution in [3.8, 4) is 0 Å². The number of nitrogens with one attached hydrogen (secondary N) is 1. The Kier molecular flexibility index (Phi) is 6.26. The molecule has 2 nitrogen and oxygen atoms in total. The van der Waals surface area contributed by atoms with Crippen LogP contribution in [0.4, 0.5) is 0 Å². The lowest BCUT2D eigenvalue weighted by molar-refractivity contribution is -0.125. The molecule has 0 bridgehead atoms. The monoisotopic (exact) mass is 197 g/mol. The fourth-order valence-electron chi connectivity index (χ4n) is 1.47. The molecular weight excluding hydrogens is 174 g/mol. The van der Waals surface area contributed by atoms with Gasteiger partial charge in [-0.15, -0.1) is 0 Å². The van der Waals surface area contributed by atoms with Gasteiger partial charge in [-0.25, -0.2) is 0 Å². The standard InChI is InChI=1S/C12H23NO/c1-6-7-10(4)12(14)13-11(5)8-9(2)3/h8,10-11H,6-7H2,1-5H3,(H,13,14). The largest absolute Gasteiger partial charge is 0.350 e. The van der Waals surface area contributed by atoms with Gasteiger partial charge in [0.1, 0.15) is 0 Å². The number of carbonyl (C=O) groups is 1. The quantitative estimate of drug-likeness (QED) is 0.675. The zero-order valence-electron chi connectivity index (χ0n) is 10.1. The van der Waals surface area contributed by atoms with Gasteiger partial charge in [-0.2, -0.15) is 0 Å². The van der Waals surface area contributed by atoms with E-state index in [0.29, 0.717) is 0 Å². The molecule has 0 aromatic rings. The van der Waals surface area contributed by atoms with Gasteiger partial charge < -0.3 is 5.32 Å². The minimum Gasteiger partial charge on any atom is -0.350 e. The second-order valence-corrected chi connectivity index (χ2v) is 4.23. The minimum absolute atomic E-state index is 0.132. The maximum absolute atomic E-state index is 11.6. The van der Waals surface area contributed by atoms with Crippen LogP contribution in [0.25, 0.3) is 0 Å². The van der Waals surface area contributed by atoms with Gasteiger partial charge in [-0.05, 0) is 27.2 Å². The van der Waals surface area contributed by atoms with Gasteiger partial charge in [-0.3, -0.25) is 4.79 Å². The summed E-state index contributed by atoms with van der Waals surface area (Å²) < 4.78 is 0. The molecule has 0 aromatic heterocycles. The van der Waals surface area contributed by atoms with Crippen LogP contribution in [0.2, 0.25) is 0 Å². The van der Waals surface area contributed by atoms with Gasteiger partial charge in [0, 0.05) is 12.0 Å². The first-order valence-electron chi connectivity index (χ1n) is 5.42. The number of amides is 1. The number of allylic oxidation sites excluding steroid dienone is 1. The van der Waals surface area contributed by atoms with Crippen molar-refractivity contribution >= 4 is 5.91 Å². The third-order valence-corrected chi connectivity index (χ3v) is 2.12. The normalized spacial score (nSPS) is 14.4. The molecule has 0 saturated heterocycles. The molecule has 0 aliphatic heterocycles. The smallest absolute Gasteiger partial charge is 0.223 e. The molecule has 2 heteroatoms. The zero-order valence-corrected chi connectivity index (χ0v) is 10.1. The van der Waals surface area contributed by atoms with Crippen LogP contribution in [-0.2, 0) is 4.79 Å². The molecule has 0 fully saturated rings. The molecule has 0 aliphatic rings. The molecule has 0 radical (unpaired) electrons. The highest BCUT2D eigenvalue weighted by Gasteiger charge is 2.12. The summed E-state index contributed by atoms with van der Waals surface area (Å²) in [4.78, 5) is 11.6.